The van der Waals surface area contributed by atoms with Gasteiger partial charge in [0.15, 0.2) is 5.82 Å². The molecule has 3 amide bonds. The maximum atomic E-state index is 13.1. The Bertz CT molecular complexity index is 2550. The van der Waals surface area contributed by atoms with Crippen molar-refractivity contribution in [1.29, 1.82) is 0 Å². The number of benzene rings is 3. The molecule has 3 saturated heterocycles. The van der Waals surface area contributed by atoms with E-state index >= 15 is 0 Å². The molecule has 3 fully saturated rings. The highest BCUT2D eigenvalue weighted by Crippen LogP contribution is 2.38. The SMILES string of the molecule is CCc1cc(Nc2ncc(Cl)c(Nc3ccc(OC)cc3NS(C)(=O)=O)n2)c(OC)cc1N1CCC(N2CCN(CCOc3ccc4c(c3)CN(C3CCC(=O)NC3=O)C4=O)CC2)CC1. The number of piperidine rings is 2. The second-order valence-electron chi connectivity index (χ2n) is 16.6. The van der Waals surface area contributed by atoms with Crippen LogP contribution in [0.15, 0.2) is 54.7 Å². The number of carbonyl (C=O) groups excluding carboxylic acids is 3. The molecule has 8 rings (SSSR count). The van der Waals surface area contributed by atoms with Crippen LogP contribution in [0.1, 0.15) is 54.1 Å². The van der Waals surface area contributed by atoms with E-state index in [1.165, 1.54) is 13.3 Å². The molecule has 1 unspecified atom stereocenters. The van der Waals surface area contributed by atoms with Gasteiger partial charge < -0.3 is 34.6 Å². The maximum absolute atomic E-state index is 13.1. The Morgan fingerprint density at radius 3 is 2.35 bits per heavy atom. The minimum atomic E-state index is -3.59. The number of aromatic nitrogens is 2. The van der Waals surface area contributed by atoms with Crippen LogP contribution >= 0.6 is 11.6 Å². The number of hydrogen-bond acceptors (Lipinski definition) is 15. The summed E-state index contributed by atoms with van der Waals surface area (Å²) in [6, 6.07) is 14.4. The molecule has 0 bridgehead atoms. The number of imide groups is 1. The van der Waals surface area contributed by atoms with Crippen molar-refractivity contribution in [3.05, 3.63) is 76.4 Å². The van der Waals surface area contributed by atoms with Crippen LogP contribution in [0.25, 0.3) is 0 Å². The van der Waals surface area contributed by atoms with E-state index in [2.05, 4.69) is 64.4 Å². The van der Waals surface area contributed by atoms with Crippen LogP contribution in [0.5, 0.6) is 17.2 Å². The topological polar surface area (TPSA) is 200 Å². The average molecular weight is 932 g/mol. The van der Waals surface area contributed by atoms with Crippen molar-refractivity contribution in [1.82, 2.24) is 30.0 Å². The molecule has 4 aromatic rings. The number of rotatable bonds is 16. The Morgan fingerprint density at radius 2 is 1.65 bits per heavy atom. The third-order valence-electron chi connectivity index (χ3n) is 12.4. The molecular weight excluding hydrogens is 876 g/mol. The zero-order valence-electron chi connectivity index (χ0n) is 37.0. The quantitative estimate of drug-likeness (QED) is 0.110. The Labute approximate surface area is 384 Å². The lowest BCUT2D eigenvalue weighted by Crippen LogP contribution is -2.53. The fourth-order valence-electron chi connectivity index (χ4n) is 9.02. The first-order valence-electron chi connectivity index (χ1n) is 21.8. The van der Waals surface area contributed by atoms with Gasteiger partial charge in [-0.25, -0.2) is 13.4 Å². The number of halogens is 1. The molecule has 18 nitrogen and oxygen atoms in total. The number of amides is 3. The molecule has 1 atom stereocenters. The van der Waals surface area contributed by atoms with E-state index in [4.69, 9.17) is 25.8 Å². The molecule has 0 saturated carbocycles. The standard InChI is InChI=1S/C45H55ClN10O8S/c1-5-28-23-37(49-45-47-26-34(46)42(51-45)48-35-9-7-31(62-2)24-36(35)52-65(4,60)61)40(63-3)25-39(28)55-14-12-30(13-15-55)54-18-16-53(17-19-54)20-21-64-32-6-8-33-29(22-32)27-56(44(33)59)38-10-11-41(57)50-43(38)58/h6-9,22-26,30,38,52H,5,10-21,27H2,1-4H3,(H,50,57,58)(H2,47,48,49,51). The van der Waals surface area contributed by atoms with Crippen molar-refractivity contribution in [2.45, 2.75) is 57.7 Å². The van der Waals surface area contributed by atoms with Crippen molar-refractivity contribution in [3.8, 4) is 17.2 Å². The summed E-state index contributed by atoms with van der Waals surface area (Å²) in [7, 11) is -0.458. The highest BCUT2D eigenvalue weighted by molar-refractivity contribution is 7.92. The summed E-state index contributed by atoms with van der Waals surface area (Å²) in [6.45, 7) is 9.57. The van der Waals surface area contributed by atoms with Gasteiger partial charge in [0.05, 0.1) is 43.7 Å². The number of methoxy groups -OCH3 is 2. The number of piperazine rings is 1. The van der Waals surface area contributed by atoms with Gasteiger partial charge in [-0.1, -0.05) is 18.5 Å². The number of carbonyl (C=O) groups is 3. The van der Waals surface area contributed by atoms with E-state index < -0.39 is 22.0 Å². The molecule has 4 aliphatic heterocycles. The zero-order chi connectivity index (χ0) is 45.8. The molecule has 0 spiro atoms. The van der Waals surface area contributed by atoms with Gasteiger partial charge in [-0.05, 0) is 73.2 Å². The lowest BCUT2D eigenvalue weighted by Gasteiger charge is -2.43. The number of aryl methyl sites for hydroxylation is 1. The predicted octanol–water partition coefficient (Wildman–Crippen LogP) is 4.99. The summed E-state index contributed by atoms with van der Waals surface area (Å²) in [5.41, 5.74) is 5.10. The predicted molar refractivity (Wildman–Crippen MR) is 249 cm³/mol. The van der Waals surface area contributed by atoms with Crippen molar-refractivity contribution >= 4 is 73.9 Å². The summed E-state index contributed by atoms with van der Waals surface area (Å²) in [5, 5.41) is 9.02. The summed E-state index contributed by atoms with van der Waals surface area (Å²) in [5.74, 6) is 1.45. The lowest BCUT2D eigenvalue weighted by molar-refractivity contribution is -0.136. The summed E-state index contributed by atoms with van der Waals surface area (Å²) in [4.78, 5) is 55.2. The lowest BCUT2D eigenvalue weighted by atomic mass is 9.99. The van der Waals surface area contributed by atoms with Crippen LogP contribution in [-0.4, -0.2) is 136 Å². The number of nitrogens with zero attached hydrogens (tertiary/aromatic N) is 6. The molecular formula is C45H55ClN10O8S. The van der Waals surface area contributed by atoms with Gasteiger partial charge >= 0.3 is 0 Å². The number of nitrogens with one attached hydrogen (secondary N) is 4. The maximum Gasteiger partial charge on any atom is 0.255 e. The highest BCUT2D eigenvalue weighted by Gasteiger charge is 2.39. The second-order valence-corrected chi connectivity index (χ2v) is 18.8. The Kier molecular flexibility index (Phi) is 13.8. The first-order valence-corrected chi connectivity index (χ1v) is 24.1. The van der Waals surface area contributed by atoms with Crippen LogP contribution in [0.4, 0.5) is 34.5 Å². The highest BCUT2D eigenvalue weighted by atomic mass is 35.5. The first kappa shape index (κ1) is 45.7. The largest absolute Gasteiger partial charge is 0.497 e. The summed E-state index contributed by atoms with van der Waals surface area (Å²) in [6.07, 6.45) is 6.01. The normalized spacial score (nSPS) is 18.6. The third-order valence-corrected chi connectivity index (χ3v) is 13.3. The molecule has 0 radical (unpaired) electrons. The van der Waals surface area contributed by atoms with Gasteiger partial charge in [0.25, 0.3) is 5.91 Å². The average Bonchev–Trinajstić information content (AvgIpc) is 3.62. The third kappa shape index (κ3) is 10.6. The van der Waals surface area contributed by atoms with Gasteiger partial charge in [-0.15, -0.1) is 0 Å². The molecule has 20 heteroatoms. The number of sulfonamides is 1. The fraction of sp³-hybridized carbons (Fsp3) is 0.444. The number of anilines is 6. The first-order chi connectivity index (χ1) is 31.3. The Hall–Kier alpha value is -5.89. The van der Waals surface area contributed by atoms with E-state index in [1.54, 1.807) is 36.3 Å². The molecule has 4 aliphatic rings. The van der Waals surface area contributed by atoms with Crippen molar-refractivity contribution in [2.24, 2.45) is 0 Å². The van der Waals surface area contributed by atoms with Crippen molar-refractivity contribution in [2.75, 3.05) is 93.2 Å². The van der Waals surface area contributed by atoms with E-state index in [-0.39, 0.29) is 40.7 Å². The van der Waals surface area contributed by atoms with Crippen LogP contribution in [0.3, 0.4) is 0 Å². The number of hydrogen-bond donors (Lipinski definition) is 4. The minimum absolute atomic E-state index is 0.189. The van der Waals surface area contributed by atoms with E-state index in [9.17, 15) is 22.8 Å². The molecule has 3 aromatic carbocycles. The second kappa shape index (κ2) is 19.7. The fourth-order valence-corrected chi connectivity index (χ4v) is 9.73. The van der Waals surface area contributed by atoms with Gasteiger partial charge in [0.1, 0.15) is 34.9 Å². The van der Waals surface area contributed by atoms with Gasteiger partial charge in [-0.3, -0.25) is 34.2 Å². The van der Waals surface area contributed by atoms with Crippen LogP contribution < -0.4 is 39.8 Å². The number of fused-ring (bicyclic) bond motifs is 1. The van der Waals surface area contributed by atoms with Crippen LogP contribution in [0, 0.1) is 0 Å². The minimum Gasteiger partial charge on any atom is -0.497 e. The van der Waals surface area contributed by atoms with Gasteiger partial charge in [-0.2, -0.15) is 4.98 Å². The van der Waals surface area contributed by atoms with E-state index in [0.717, 1.165) is 88.1 Å². The molecule has 346 valence electrons. The van der Waals surface area contributed by atoms with Crippen LogP contribution in [0.2, 0.25) is 5.02 Å². The zero-order valence-corrected chi connectivity index (χ0v) is 38.6. The Morgan fingerprint density at radius 1 is 0.877 bits per heavy atom. The molecule has 1 aromatic heterocycles. The molecule has 5 heterocycles. The smallest absolute Gasteiger partial charge is 0.255 e. The molecule has 4 N–H and O–H groups in total. The number of ether oxygens (including phenoxy) is 3. The summed E-state index contributed by atoms with van der Waals surface area (Å²) >= 11 is 6.51. The van der Waals surface area contributed by atoms with Gasteiger partial charge in [0, 0.05) is 88.2 Å². The van der Waals surface area contributed by atoms with E-state index in [1.807, 2.05) is 12.1 Å². The van der Waals surface area contributed by atoms with Gasteiger partial charge in [0.2, 0.25) is 27.8 Å². The Balaban J connectivity index is 0.821. The summed E-state index contributed by atoms with van der Waals surface area (Å²) < 4.78 is 44.0. The van der Waals surface area contributed by atoms with Crippen molar-refractivity contribution in [3.63, 3.8) is 0 Å². The van der Waals surface area contributed by atoms with E-state index in [0.29, 0.717) is 59.8 Å². The van der Waals surface area contributed by atoms with Crippen LogP contribution in [-0.2, 0) is 32.6 Å². The van der Waals surface area contributed by atoms with Crippen molar-refractivity contribution < 1.29 is 37.0 Å². The molecule has 0 aliphatic carbocycles. The monoisotopic (exact) mass is 930 g/mol. The molecule has 65 heavy (non-hydrogen) atoms.